The lowest BCUT2D eigenvalue weighted by molar-refractivity contribution is 0.386. The van der Waals surface area contributed by atoms with Crippen LogP contribution in [0.25, 0.3) is 0 Å². The molecule has 3 nitrogen and oxygen atoms in total. The molecule has 0 aliphatic heterocycles. The van der Waals surface area contributed by atoms with Crippen LogP contribution < -0.4 is 16.0 Å². The Balaban J connectivity index is 2.14. The SMILES string of the molecule is COc1ccc(C)cc1CC(NN)C1CC1(C)C. The quantitative estimate of drug-likeness (QED) is 0.621. The third kappa shape index (κ3) is 2.68. The zero-order valence-electron chi connectivity index (χ0n) is 11.8. The molecule has 0 saturated heterocycles. The van der Waals surface area contributed by atoms with Crippen LogP contribution in [-0.4, -0.2) is 13.2 Å². The van der Waals surface area contributed by atoms with E-state index in [1.807, 2.05) is 6.07 Å². The molecule has 0 heterocycles. The van der Waals surface area contributed by atoms with Crippen LogP contribution in [0.15, 0.2) is 18.2 Å². The molecule has 3 heteroatoms. The summed E-state index contributed by atoms with van der Waals surface area (Å²) in [6, 6.07) is 6.64. The Morgan fingerprint density at radius 2 is 2.17 bits per heavy atom. The molecule has 0 amide bonds. The maximum absolute atomic E-state index is 5.72. The second kappa shape index (κ2) is 4.90. The summed E-state index contributed by atoms with van der Waals surface area (Å²) in [6.45, 7) is 6.71. The van der Waals surface area contributed by atoms with Gasteiger partial charge in [0.2, 0.25) is 0 Å². The van der Waals surface area contributed by atoms with Gasteiger partial charge >= 0.3 is 0 Å². The van der Waals surface area contributed by atoms with E-state index in [1.165, 1.54) is 17.5 Å². The maximum atomic E-state index is 5.72. The van der Waals surface area contributed by atoms with Crippen molar-refractivity contribution in [2.75, 3.05) is 7.11 Å². The predicted octanol–water partition coefficient (Wildman–Crippen LogP) is 2.42. The Hall–Kier alpha value is -1.06. The third-order valence-corrected chi connectivity index (χ3v) is 4.17. The van der Waals surface area contributed by atoms with E-state index in [1.54, 1.807) is 7.11 Å². The average molecular weight is 248 g/mol. The number of ether oxygens (including phenoxy) is 1. The zero-order valence-corrected chi connectivity index (χ0v) is 11.8. The van der Waals surface area contributed by atoms with Crippen molar-refractivity contribution in [2.24, 2.45) is 17.2 Å². The van der Waals surface area contributed by atoms with Crippen molar-refractivity contribution in [1.29, 1.82) is 0 Å². The molecule has 1 aliphatic rings. The summed E-state index contributed by atoms with van der Waals surface area (Å²) in [5.41, 5.74) is 5.91. The van der Waals surface area contributed by atoms with Crippen LogP contribution in [-0.2, 0) is 6.42 Å². The maximum Gasteiger partial charge on any atom is 0.122 e. The molecule has 2 atom stereocenters. The first-order chi connectivity index (χ1) is 8.47. The molecule has 0 bridgehead atoms. The summed E-state index contributed by atoms with van der Waals surface area (Å²) < 4.78 is 5.43. The van der Waals surface area contributed by atoms with Gasteiger partial charge in [0.05, 0.1) is 7.11 Å². The lowest BCUT2D eigenvalue weighted by atomic mass is 9.96. The summed E-state index contributed by atoms with van der Waals surface area (Å²) in [5.74, 6) is 7.34. The van der Waals surface area contributed by atoms with Gasteiger partial charge in [0.25, 0.3) is 0 Å². The molecule has 100 valence electrons. The fourth-order valence-electron chi connectivity index (χ4n) is 2.82. The molecule has 1 aliphatic carbocycles. The lowest BCUT2D eigenvalue weighted by Gasteiger charge is -2.19. The molecule has 2 rings (SSSR count). The van der Waals surface area contributed by atoms with Gasteiger partial charge in [-0.25, -0.2) is 0 Å². The summed E-state index contributed by atoms with van der Waals surface area (Å²) in [4.78, 5) is 0. The molecule has 18 heavy (non-hydrogen) atoms. The molecule has 0 aromatic heterocycles. The van der Waals surface area contributed by atoms with Crippen LogP contribution >= 0.6 is 0 Å². The third-order valence-electron chi connectivity index (χ3n) is 4.17. The zero-order chi connectivity index (χ0) is 13.3. The van der Waals surface area contributed by atoms with E-state index in [2.05, 4.69) is 38.3 Å². The Bertz CT molecular complexity index is 429. The van der Waals surface area contributed by atoms with Gasteiger partial charge in [0.15, 0.2) is 0 Å². The van der Waals surface area contributed by atoms with Gasteiger partial charge in [-0.1, -0.05) is 31.5 Å². The summed E-state index contributed by atoms with van der Waals surface area (Å²) in [6.07, 6.45) is 2.17. The highest BCUT2D eigenvalue weighted by Gasteiger charge is 2.49. The van der Waals surface area contributed by atoms with E-state index in [-0.39, 0.29) is 0 Å². The Kier molecular flexibility index (Phi) is 3.64. The largest absolute Gasteiger partial charge is 0.496 e. The molecular formula is C15H24N2O. The van der Waals surface area contributed by atoms with Crippen LogP contribution in [0.3, 0.4) is 0 Å². The van der Waals surface area contributed by atoms with Gasteiger partial charge < -0.3 is 4.74 Å². The van der Waals surface area contributed by atoms with Gasteiger partial charge in [0.1, 0.15) is 5.75 Å². The van der Waals surface area contributed by atoms with Gasteiger partial charge in [0, 0.05) is 6.04 Å². The fourth-order valence-corrected chi connectivity index (χ4v) is 2.82. The normalized spacial score (nSPS) is 22.6. The first-order valence-electron chi connectivity index (χ1n) is 6.57. The van der Waals surface area contributed by atoms with Crippen molar-refractivity contribution >= 4 is 0 Å². The molecular weight excluding hydrogens is 224 g/mol. The van der Waals surface area contributed by atoms with E-state index in [0.29, 0.717) is 17.4 Å². The number of benzene rings is 1. The van der Waals surface area contributed by atoms with Crippen molar-refractivity contribution < 1.29 is 4.74 Å². The minimum atomic E-state index is 0.329. The minimum absolute atomic E-state index is 0.329. The van der Waals surface area contributed by atoms with Crippen molar-refractivity contribution in [2.45, 2.75) is 39.7 Å². The predicted molar refractivity (Wildman–Crippen MR) is 74.4 cm³/mol. The molecule has 1 fully saturated rings. The first-order valence-corrected chi connectivity index (χ1v) is 6.57. The van der Waals surface area contributed by atoms with Crippen molar-refractivity contribution in [1.82, 2.24) is 5.43 Å². The van der Waals surface area contributed by atoms with Crippen molar-refractivity contribution in [3.05, 3.63) is 29.3 Å². The molecule has 0 spiro atoms. The number of hydrogen-bond acceptors (Lipinski definition) is 3. The molecule has 0 radical (unpaired) electrons. The molecule has 3 N–H and O–H groups in total. The molecule has 2 unspecified atom stereocenters. The number of nitrogens with one attached hydrogen (secondary N) is 1. The van der Waals surface area contributed by atoms with Gasteiger partial charge in [-0.05, 0) is 42.7 Å². The number of nitrogens with two attached hydrogens (primary N) is 1. The number of rotatable bonds is 5. The van der Waals surface area contributed by atoms with Crippen LogP contribution in [0.2, 0.25) is 0 Å². The lowest BCUT2D eigenvalue weighted by Crippen LogP contribution is -2.39. The van der Waals surface area contributed by atoms with E-state index >= 15 is 0 Å². The highest BCUT2D eigenvalue weighted by Crippen LogP contribution is 2.54. The number of hydrazine groups is 1. The molecule has 1 aromatic carbocycles. The highest BCUT2D eigenvalue weighted by atomic mass is 16.5. The smallest absolute Gasteiger partial charge is 0.122 e. The van der Waals surface area contributed by atoms with Crippen molar-refractivity contribution in [3.63, 3.8) is 0 Å². The van der Waals surface area contributed by atoms with E-state index in [4.69, 9.17) is 10.6 Å². The number of aryl methyl sites for hydroxylation is 1. The van der Waals surface area contributed by atoms with Gasteiger partial charge in [-0.15, -0.1) is 0 Å². The van der Waals surface area contributed by atoms with Crippen LogP contribution in [0.5, 0.6) is 5.75 Å². The second-order valence-corrected chi connectivity index (χ2v) is 6.09. The standard InChI is InChI=1S/C15H24N2O/c1-10-5-6-14(18-4)11(7-10)8-13(17-16)12-9-15(12,2)3/h5-7,12-13,17H,8-9,16H2,1-4H3. The minimum Gasteiger partial charge on any atom is -0.496 e. The second-order valence-electron chi connectivity index (χ2n) is 6.09. The van der Waals surface area contributed by atoms with E-state index < -0.39 is 0 Å². The Morgan fingerprint density at radius 3 is 2.67 bits per heavy atom. The van der Waals surface area contributed by atoms with E-state index in [0.717, 1.165) is 12.2 Å². The Morgan fingerprint density at radius 1 is 1.50 bits per heavy atom. The van der Waals surface area contributed by atoms with Crippen molar-refractivity contribution in [3.8, 4) is 5.75 Å². The van der Waals surface area contributed by atoms with Gasteiger partial charge in [-0.2, -0.15) is 0 Å². The van der Waals surface area contributed by atoms with Crippen LogP contribution in [0.1, 0.15) is 31.4 Å². The summed E-state index contributed by atoms with van der Waals surface area (Å²) in [5, 5.41) is 0. The Labute approximate surface area is 110 Å². The molecule has 1 aromatic rings. The van der Waals surface area contributed by atoms with Gasteiger partial charge in [-0.3, -0.25) is 11.3 Å². The van der Waals surface area contributed by atoms with E-state index in [9.17, 15) is 0 Å². The average Bonchev–Trinajstić information content (AvgIpc) is 2.95. The highest BCUT2D eigenvalue weighted by molar-refractivity contribution is 5.37. The number of hydrogen-bond donors (Lipinski definition) is 2. The van der Waals surface area contributed by atoms with Crippen LogP contribution in [0.4, 0.5) is 0 Å². The van der Waals surface area contributed by atoms with Crippen LogP contribution in [0, 0.1) is 18.3 Å². The fraction of sp³-hybridized carbons (Fsp3) is 0.600. The molecule has 1 saturated carbocycles. The monoisotopic (exact) mass is 248 g/mol. The summed E-state index contributed by atoms with van der Waals surface area (Å²) >= 11 is 0. The summed E-state index contributed by atoms with van der Waals surface area (Å²) in [7, 11) is 1.72. The first kappa shape index (κ1) is 13.4. The topological polar surface area (TPSA) is 47.3 Å². The number of methoxy groups -OCH3 is 1.